The van der Waals surface area contributed by atoms with E-state index in [1.807, 2.05) is 0 Å². The first kappa shape index (κ1) is 16.8. The number of piperidine rings is 1. The van der Waals surface area contributed by atoms with Gasteiger partial charge in [-0.05, 0) is 38.8 Å². The van der Waals surface area contributed by atoms with E-state index >= 15 is 0 Å². The molecule has 0 aliphatic carbocycles. The Bertz CT molecular complexity index is 323. The van der Waals surface area contributed by atoms with Crippen molar-refractivity contribution in [3.05, 3.63) is 0 Å². The lowest BCUT2D eigenvalue weighted by Crippen LogP contribution is -2.51. The number of carbonyl (C=O) groups is 2. The maximum Gasteiger partial charge on any atom is 0.315 e. The first-order chi connectivity index (χ1) is 9.49. The fraction of sp³-hybridized carbons (Fsp3) is 0.857. The number of nitrogens with zero attached hydrogens (tertiary/aromatic N) is 1. The predicted octanol–water partition coefficient (Wildman–Crippen LogP) is 1.27. The summed E-state index contributed by atoms with van der Waals surface area (Å²) in [6.45, 7) is 4.80. The summed E-state index contributed by atoms with van der Waals surface area (Å²) >= 11 is 0. The fourth-order valence-corrected chi connectivity index (χ4v) is 2.57. The average molecular weight is 285 g/mol. The van der Waals surface area contributed by atoms with E-state index in [-0.39, 0.29) is 18.5 Å². The standard InChI is InChI=1S/C14H27N3O3/c1-11-10-17(2)9-7-12(11)16-14(20)15-8-5-3-4-6-13(18)19/h11-12H,3-10H2,1-2H3,(H,18,19)(H2,15,16,20). The van der Waals surface area contributed by atoms with Gasteiger partial charge in [0.15, 0.2) is 0 Å². The number of hydrogen-bond acceptors (Lipinski definition) is 3. The molecule has 0 saturated carbocycles. The van der Waals surface area contributed by atoms with E-state index < -0.39 is 5.97 Å². The molecule has 0 spiro atoms. The number of carbonyl (C=O) groups excluding carboxylic acids is 1. The highest BCUT2D eigenvalue weighted by molar-refractivity contribution is 5.74. The molecule has 2 atom stereocenters. The number of urea groups is 1. The first-order valence-corrected chi connectivity index (χ1v) is 7.43. The van der Waals surface area contributed by atoms with Crippen LogP contribution in [0.3, 0.4) is 0 Å². The van der Waals surface area contributed by atoms with E-state index in [4.69, 9.17) is 5.11 Å². The number of carboxylic acid groups (broad SMARTS) is 1. The Labute approximate surface area is 120 Å². The smallest absolute Gasteiger partial charge is 0.315 e. The van der Waals surface area contributed by atoms with Gasteiger partial charge in [0.25, 0.3) is 0 Å². The average Bonchev–Trinajstić information content (AvgIpc) is 2.36. The second-order valence-electron chi connectivity index (χ2n) is 5.74. The van der Waals surface area contributed by atoms with Gasteiger partial charge in [-0.1, -0.05) is 13.3 Å². The Morgan fingerprint density at radius 2 is 2.05 bits per heavy atom. The Morgan fingerprint density at radius 1 is 1.30 bits per heavy atom. The zero-order chi connectivity index (χ0) is 15.0. The van der Waals surface area contributed by atoms with E-state index in [9.17, 15) is 9.59 Å². The summed E-state index contributed by atoms with van der Waals surface area (Å²) < 4.78 is 0. The number of hydrogen-bond donors (Lipinski definition) is 3. The molecule has 0 radical (unpaired) electrons. The molecule has 6 nitrogen and oxygen atoms in total. The quantitative estimate of drug-likeness (QED) is 0.615. The SMILES string of the molecule is CC1CN(C)CCC1NC(=O)NCCCCCC(=O)O. The first-order valence-electron chi connectivity index (χ1n) is 7.43. The minimum absolute atomic E-state index is 0.107. The molecular weight excluding hydrogens is 258 g/mol. The lowest BCUT2D eigenvalue weighted by atomic mass is 9.94. The molecule has 2 unspecified atom stereocenters. The number of aliphatic carboxylic acids is 1. The summed E-state index contributed by atoms with van der Waals surface area (Å²) in [5.74, 6) is -0.290. The van der Waals surface area contributed by atoms with Gasteiger partial charge in [-0.3, -0.25) is 4.79 Å². The molecular formula is C14H27N3O3. The van der Waals surface area contributed by atoms with Crippen LogP contribution in [-0.4, -0.2) is 54.7 Å². The van der Waals surface area contributed by atoms with E-state index in [1.54, 1.807) is 0 Å². The topological polar surface area (TPSA) is 81.7 Å². The third-order valence-electron chi connectivity index (χ3n) is 3.78. The maximum absolute atomic E-state index is 11.7. The van der Waals surface area contributed by atoms with Crippen molar-refractivity contribution < 1.29 is 14.7 Å². The van der Waals surface area contributed by atoms with Crippen LogP contribution in [0.15, 0.2) is 0 Å². The lowest BCUT2D eigenvalue weighted by Gasteiger charge is -2.35. The molecule has 0 aromatic carbocycles. The monoisotopic (exact) mass is 285 g/mol. The van der Waals surface area contributed by atoms with Crippen LogP contribution in [-0.2, 0) is 4.79 Å². The van der Waals surface area contributed by atoms with E-state index in [2.05, 4.69) is 29.5 Å². The molecule has 116 valence electrons. The highest BCUT2D eigenvalue weighted by atomic mass is 16.4. The zero-order valence-corrected chi connectivity index (χ0v) is 12.5. The molecule has 20 heavy (non-hydrogen) atoms. The summed E-state index contributed by atoms with van der Waals surface area (Å²) in [5, 5.41) is 14.4. The van der Waals surface area contributed by atoms with Crippen LogP contribution in [0.2, 0.25) is 0 Å². The molecule has 1 rings (SSSR count). The van der Waals surface area contributed by atoms with Crippen molar-refractivity contribution in [3.8, 4) is 0 Å². The Balaban J connectivity index is 2.07. The summed E-state index contributed by atoms with van der Waals surface area (Å²) in [5.41, 5.74) is 0. The van der Waals surface area contributed by atoms with Crippen molar-refractivity contribution in [2.24, 2.45) is 5.92 Å². The normalized spacial score (nSPS) is 23.3. The van der Waals surface area contributed by atoms with Gasteiger partial charge in [0, 0.05) is 25.6 Å². The number of amides is 2. The number of likely N-dealkylation sites (tertiary alicyclic amines) is 1. The van der Waals surface area contributed by atoms with Gasteiger partial charge in [-0.2, -0.15) is 0 Å². The van der Waals surface area contributed by atoms with Crippen molar-refractivity contribution in [1.82, 2.24) is 15.5 Å². The van der Waals surface area contributed by atoms with Gasteiger partial charge in [0.1, 0.15) is 0 Å². The van der Waals surface area contributed by atoms with Gasteiger partial charge in [-0.25, -0.2) is 4.79 Å². The molecule has 6 heteroatoms. The third-order valence-corrected chi connectivity index (χ3v) is 3.78. The Hall–Kier alpha value is -1.30. The highest BCUT2D eigenvalue weighted by Crippen LogP contribution is 2.15. The van der Waals surface area contributed by atoms with Gasteiger partial charge >= 0.3 is 12.0 Å². The molecule has 0 bridgehead atoms. The molecule has 1 fully saturated rings. The van der Waals surface area contributed by atoms with Crippen LogP contribution in [0.5, 0.6) is 0 Å². The lowest BCUT2D eigenvalue weighted by molar-refractivity contribution is -0.137. The largest absolute Gasteiger partial charge is 0.481 e. The fourth-order valence-electron chi connectivity index (χ4n) is 2.57. The molecule has 3 N–H and O–H groups in total. The van der Waals surface area contributed by atoms with E-state index in [0.29, 0.717) is 18.9 Å². The van der Waals surface area contributed by atoms with Gasteiger partial charge in [-0.15, -0.1) is 0 Å². The van der Waals surface area contributed by atoms with Crippen LogP contribution in [0.1, 0.15) is 39.0 Å². The maximum atomic E-state index is 11.7. The van der Waals surface area contributed by atoms with Crippen molar-refractivity contribution in [2.45, 2.75) is 45.1 Å². The van der Waals surface area contributed by atoms with E-state index in [1.165, 1.54) is 0 Å². The van der Waals surface area contributed by atoms with Crippen molar-refractivity contribution in [2.75, 3.05) is 26.7 Å². The van der Waals surface area contributed by atoms with Crippen molar-refractivity contribution in [3.63, 3.8) is 0 Å². The molecule has 1 aliphatic heterocycles. The van der Waals surface area contributed by atoms with Crippen LogP contribution < -0.4 is 10.6 Å². The third kappa shape index (κ3) is 6.75. The van der Waals surface area contributed by atoms with Crippen LogP contribution in [0, 0.1) is 5.92 Å². The van der Waals surface area contributed by atoms with Gasteiger partial charge in [0.05, 0.1) is 0 Å². The summed E-state index contributed by atoms with van der Waals surface area (Å²) in [6.07, 6.45) is 3.52. The van der Waals surface area contributed by atoms with Crippen molar-refractivity contribution in [1.29, 1.82) is 0 Å². The summed E-state index contributed by atoms with van der Waals surface area (Å²) in [4.78, 5) is 24.4. The highest BCUT2D eigenvalue weighted by Gasteiger charge is 2.25. The summed E-state index contributed by atoms with van der Waals surface area (Å²) in [7, 11) is 2.10. The molecule has 2 amide bonds. The molecule has 0 aromatic heterocycles. The Kier molecular flexibility index (Phi) is 7.36. The summed E-state index contributed by atoms with van der Waals surface area (Å²) in [6, 6.07) is 0.142. The van der Waals surface area contributed by atoms with Gasteiger partial charge < -0.3 is 20.6 Å². The van der Waals surface area contributed by atoms with Gasteiger partial charge in [0.2, 0.25) is 0 Å². The number of nitrogens with one attached hydrogen (secondary N) is 2. The van der Waals surface area contributed by atoms with Crippen LogP contribution in [0.25, 0.3) is 0 Å². The molecule has 1 aliphatic rings. The Morgan fingerprint density at radius 3 is 2.70 bits per heavy atom. The zero-order valence-electron chi connectivity index (χ0n) is 12.5. The number of carboxylic acids is 1. The second kappa shape index (κ2) is 8.79. The molecule has 1 heterocycles. The van der Waals surface area contributed by atoms with E-state index in [0.717, 1.165) is 32.4 Å². The minimum Gasteiger partial charge on any atom is -0.481 e. The van der Waals surface area contributed by atoms with Crippen LogP contribution >= 0.6 is 0 Å². The molecule has 1 saturated heterocycles. The predicted molar refractivity (Wildman–Crippen MR) is 77.7 cm³/mol. The van der Waals surface area contributed by atoms with Crippen molar-refractivity contribution >= 4 is 12.0 Å². The number of rotatable bonds is 7. The minimum atomic E-state index is -0.757. The second-order valence-corrected chi connectivity index (χ2v) is 5.74. The molecule has 0 aromatic rings. The van der Waals surface area contributed by atoms with Crippen LogP contribution in [0.4, 0.5) is 4.79 Å². The number of unbranched alkanes of at least 4 members (excludes halogenated alkanes) is 2.